The van der Waals surface area contributed by atoms with Crippen LogP contribution in [0.1, 0.15) is 11.1 Å². The van der Waals surface area contributed by atoms with Gasteiger partial charge in [-0.25, -0.2) is 0 Å². The van der Waals surface area contributed by atoms with Gasteiger partial charge >= 0.3 is 0 Å². The van der Waals surface area contributed by atoms with E-state index in [1.807, 2.05) is 30.3 Å². The fourth-order valence-corrected chi connectivity index (χ4v) is 2.64. The van der Waals surface area contributed by atoms with E-state index in [1.165, 1.54) is 23.9 Å². The van der Waals surface area contributed by atoms with Crippen molar-refractivity contribution in [2.24, 2.45) is 0 Å². The number of benzene rings is 2. The van der Waals surface area contributed by atoms with Gasteiger partial charge < -0.3 is 5.32 Å². The summed E-state index contributed by atoms with van der Waals surface area (Å²) in [6.07, 6.45) is 0. The lowest BCUT2D eigenvalue weighted by atomic mass is 10.2. The fraction of sp³-hybridized carbons (Fsp3) is 0.188. The van der Waals surface area contributed by atoms with Crippen LogP contribution in [-0.2, 0) is 17.1 Å². The van der Waals surface area contributed by atoms with Gasteiger partial charge in [0.05, 0.1) is 10.7 Å². The van der Waals surface area contributed by atoms with Crippen LogP contribution in [0.2, 0.25) is 0 Å². The summed E-state index contributed by atoms with van der Waals surface area (Å²) in [6.45, 7) is 0.526. The lowest BCUT2D eigenvalue weighted by Crippen LogP contribution is -2.24. The Morgan fingerprint density at radius 3 is 2.36 bits per heavy atom. The van der Waals surface area contributed by atoms with E-state index in [0.717, 1.165) is 11.1 Å². The molecular weight excluding hydrogens is 300 g/mol. The summed E-state index contributed by atoms with van der Waals surface area (Å²) >= 11 is 1.48. The van der Waals surface area contributed by atoms with Gasteiger partial charge in [0.15, 0.2) is 0 Å². The molecular formula is C16H16N2O3S. The van der Waals surface area contributed by atoms with E-state index in [4.69, 9.17) is 0 Å². The predicted molar refractivity (Wildman–Crippen MR) is 87.5 cm³/mol. The molecule has 114 valence electrons. The first-order chi connectivity index (χ1) is 10.6. The van der Waals surface area contributed by atoms with Gasteiger partial charge in [0, 0.05) is 24.4 Å². The average molecular weight is 316 g/mol. The highest BCUT2D eigenvalue weighted by molar-refractivity contribution is 7.99. The van der Waals surface area contributed by atoms with E-state index < -0.39 is 4.92 Å². The molecule has 6 heteroatoms. The van der Waals surface area contributed by atoms with E-state index in [-0.39, 0.29) is 11.6 Å². The van der Waals surface area contributed by atoms with Crippen molar-refractivity contribution in [2.45, 2.75) is 12.3 Å². The molecule has 0 aliphatic rings. The molecule has 0 bridgehead atoms. The molecule has 0 saturated heterocycles. The van der Waals surface area contributed by atoms with Crippen molar-refractivity contribution in [3.8, 4) is 0 Å². The minimum absolute atomic E-state index is 0.0178. The van der Waals surface area contributed by atoms with Gasteiger partial charge in [0.1, 0.15) is 0 Å². The lowest BCUT2D eigenvalue weighted by Gasteiger charge is -2.05. The molecule has 1 amide bonds. The first-order valence-corrected chi connectivity index (χ1v) is 7.92. The minimum Gasteiger partial charge on any atom is -0.351 e. The average Bonchev–Trinajstić information content (AvgIpc) is 2.54. The fourth-order valence-electron chi connectivity index (χ4n) is 1.82. The molecule has 0 radical (unpaired) electrons. The van der Waals surface area contributed by atoms with Gasteiger partial charge in [-0.1, -0.05) is 42.5 Å². The Balaban J connectivity index is 1.69. The highest BCUT2D eigenvalue weighted by Crippen LogP contribution is 2.16. The summed E-state index contributed by atoms with van der Waals surface area (Å²) in [5.74, 6) is 0.997. The zero-order chi connectivity index (χ0) is 15.8. The van der Waals surface area contributed by atoms with Gasteiger partial charge in [0.2, 0.25) is 5.91 Å². The molecule has 2 aromatic carbocycles. The number of carbonyl (C=O) groups is 1. The summed E-state index contributed by atoms with van der Waals surface area (Å²) in [4.78, 5) is 21.9. The number of non-ortho nitro benzene ring substituents is 1. The van der Waals surface area contributed by atoms with Crippen LogP contribution in [0.3, 0.4) is 0 Å². The van der Waals surface area contributed by atoms with Crippen LogP contribution in [0.5, 0.6) is 0 Å². The van der Waals surface area contributed by atoms with Gasteiger partial charge in [-0.2, -0.15) is 0 Å². The van der Waals surface area contributed by atoms with Crippen LogP contribution in [-0.4, -0.2) is 16.6 Å². The zero-order valence-electron chi connectivity index (χ0n) is 11.9. The van der Waals surface area contributed by atoms with E-state index in [9.17, 15) is 14.9 Å². The number of nitro benzene ring substituents is 1. The molecule has 0 unspecified atom stereocenters. The van der Waals surface area contributed by atoms with E-state index in [0.29, 0.717) is 18.1 Å². The maximum Gasteiger partial charge on any atom is 0.269 e. The second-order valence-corrected chi connectivity index (χ2v) is 5.66. The van der Waals surface area contributed by atoms with E-state index >= 15 is 0 Å². The van der Waals surface area contributed by atoms with Crippen molar-refractivity contribution in [1.29, 1.82) is 0 Å². The van der Waals surface area contributed by atoms with Crippen LogP contribution >= 0.6 is 11.8 Å². The first kappa shape index (κ1) is 16.0. The number of thioether (sulfide) groups is 1. The maximum atomic E-state index is 11.7. The molecule has 0 spiro atoms. The topological polar surface area (TPSA) is 72.2 Å². The van der Waals surface area contributed by atoms with Gasteiger partial charge in [-0.05, 0) is 11.1 Å². The molecule has 0 fully saturated rings. The Labute approximate surface area is 132 Å². The third-order valence-corrected chi connectivity index (χ3v) is 3.99. The van der Waals surface area contributed by atoms with Crippen LogP contribution < -0.4 is 5.32 Å². The number of hydrogen-bond acceptors (Lipinski definition) is 4. The molecule has 0 atom stereocenters. The molecule has 0 aliphatic heterocycles. The SMILES string of the molecule is O=C(CSCc1ccc([N+](=O)[O-])cc1)NCc1ccccc1. The maximum absolute atomic E-state index is 11.7. The monoisotopic (exact) mass is 316 g/mol. The van der Waals surface area contributed by atoms with Crippen molar-refractivity contribution in [3.05, 3.63) is 75.8 Å². The van der Waals surface area contributed by atoms with E-state index in [1.54, 1.807) is 12.1 Å². The molecule has 2 rings (SSSR count). The molecule has 0 aliphatic carbocycles. The molecule has 22 heavy (non-hydrogen) atoms. The molecule has 0 aromatic heterocycles. The van der Waals surface area contributed by atoms with E-state index in [2.05, 4.69) is 5.32 Å². The standard InChI is InChI=1S/C16H16N2O3S/c19-16(17-10-13-4-2-1-3-5-13)12-22-11-14-6-8-15(9-7-14)18(20)21/h1-9H,10-12H2,(H,17,19). The summed E-state index contributed by atoms with van der Waals surface area (Å²) in [5.41, 5.74) is 2.11. The van der Waals surface area contributed by atoms with Crippen LogP contribution in [0, 0.1) is 10.1 Å². The Morgan fingerprint density at radius 1 is 1.05 bits per heavy atom. The summed E-state index contributed by atoms with van der Waals surface area (Å²) in [6, 6.07) is 16.1. The number of carbonyl (C=O) groups excluding carboxylic acids is 1. The number of hydrogen-bond donors (Lipinski definition) is 1. The third-order valence-electron chi connectivity index (χ3n) is 2.98. The Hall–Kier alpha value is -2.34. The van der Waals surface area contributed by atoms with Crippen molar-refractivity contribution >= 4 is 23.4 Å². The zero-order valence-corrected chi connectivity index (χ0v) is 12.7. The van der Waals surface area contributed by atoms with Gasteiger partial charge in [0.25, 0.3) is 5.69 Å². The minimum atomic E-state index is -0.423. The molecule has 0 saturated carbocycles. The highest BCUT2D eigenvalue weighted by Gasteiger charge is 2.05. The highest BCUT2D eigenvalue weighted by atomic mass is 32.2. The molecule has 5 nitrogen and oxygen atoms in total. The van der Waals surface area contributed by atoms with Gasteiger partial charge in [-0.3, -0.25) is 14.9 Å². The second-order valence-electron chi connectivity index (χ2n) is 4.68. The molecule has 2 aromatic rings. The second kappa shape index (κ2) is 8.19. The Bertz CT molecular complexity index is 630. The normalized spacial score (nSPS) is 10.2. The Morgan fingerprint density at radius 2 is 1.73 bits per heavy atom. The van der Waals surface area contributed by atoms with Crippen molar-refractivity contribution in [2.75, 3.05) is 5.75 Å². The predicted octanol–water partition coefficient (Wildman–Crippen LogP) is 3.14. The summed E-state index contributed by atoms with van der Waals surface area (Å²) in [7, 11) is 0. The third kappa shape index (κ3) is 5.21. The number of nitro groups is 1. The summed E-state index contributed by atoms with van der Waals surface area (Å²) < 4.78 is 0. The van der Waals surface area contributed by atoms with Gasteiger partial charge in [-0.15, -0.1) is 11.8 Å². The van der Waals surface area contributed by atoms with Crippen molar-refractivity contribution < 1.29 is 9.72 Å². The largest absolute Gasteiger partial charge is 0.351 e. The molecule has 0 heterocycles. The van der Waals surface area contributed by atoms with Crippen molar-refractivity contribution in [1.82, 2.24) is 5.32 Å². The molecule has 1 N–H and O–H groups in total. The number of nitrogens with one attached hydrogen (secondary N) is 1. The Kier molecular flexibility index (Phi) is 5.97. The van der Waals surface area contributed by atoms with Crippen LogP contribution in [0.4, 0.5) is 5.69 Å². The smallest absolute Gasteiger partial charge is 0.269 e. The lowest BCUT2D eigenvalue weighted by molar-refractivity contribution is -0.384. The van der Waals surface area contributed by atoms with Crippen LogP contribution in [0.25, 0.3) is 0 Å². The number of nitrogens with zero attached hydrogens (tertiary/aromatic N) is 1. The van der Waals surface area contributed by atoms with Crippen molar-refractivity contribution in [3.63, 3.8) is 0 Å². The van der Waals surface area contributed by atoms with Crippen LogP contribution in [0.15, 0.2) is 54.6 Å². The number of rotatable bonds is 7. The quantitative estimate of drug-likeness (QED) is 0.629. The first-order valence-electron chi connectivity index (χ1n) is 6.77. The number of amides is 1. The summed E-state index contributed by atoms with van der Waals surface area (Å²) in [5, 5.41) is 13.4.